The van der Waals surface area contributed by atoms with Gasteiger partial charge in [0.15, 0.2) is 11.5 Å². The molecule has 1 aliphatic rings. The molecule has 0 amide bonds. The zero-order valence-electron chi connectivity index (χ0n) is 9.36. The third-order valence-electron chi connectivity index (χ3n) is 3.43. The number of hydrogen-bond donors (Lipinski definition) is 1. The normalized spacial score (nSPS) is 17.9. The van der Waals surface area contributed by atoms with Crippen LogP contribution in [-0.2, 0) is 6.42 Å². The topological polar surface area (TPSA) is 46.3 Å². The summed E-state index contributed by atoms with van der Waals surface area (Å²) in [5, 5.41) is 9.30. The molecule has 0 atom stereocenters. The van der Waals surface area contributed by atoms with Crippen molar-refractivity contribution in [3.63, 3.8) is 0 Å². The highest BCUT2D eigenvalue weighted by Gasteiger charge is 2.41. The maximum Gasteiger partial charge on any atom is 0.192 e. The Morgan fingerprint density at radius 3 is 2.94 bits per heavy atom. The summed E-state index contributed by atoms with van der Waals surface area (Å²) in [5.41, 5.74) is 3.16. The van der Waals surface area contributed by atoms with Crippen LogP contribution in [0.1, 0.15) is 24.3 Å². The first-order valence-corrected chi connectivity index (χ1v) is 5.68. The van der Waals surface area contributed by atoms with Crippen LogP contribution in [0.3, 0.4) is 0 Å². The number of oxazole rings is 1. The summed E-state index contributed by atoms with van der Waals surface area (Å²) >= 11 is 0. The summed E-state index contributed by atoms with van der Waals surface area (Å²) in [6.07, 6.45) is 3.23. The fraction of sp³-hybridized carbons (Fsp3) is 0.462. The summed E-state index contributed by atoms with van der Waals surface area (Å²) in [6.45, 7) is 2.15. The summed E-state index contributed by atoms with van der Waals surface area (Å²) in [4.78, 5) is 4.32. The predicted octanol–water partition coefficient (Wildman–Crippen LogP) is 2.45. The molecule has 1 saturated carbocycles. The Balaban J connectivity index is 1.92. The number of hydrogen-bond acceptors (Lipinski definition) is 3. The van der Waals surface area contributed by atoms with Crippen LogP contribution in [0, 0.1) is 12.3 Å². The van der Waals surface area contributed by atoms with Gasteiger partial charge in [-0.05, 0) is 42.4 Å². The van der Waals surface area contributed by atoms with Gasteiger partial charge in [0.2, 0.25) is 0 Å². The summed E-state index contributed by atoms with van der Waals surface area (Å²) in [5.74, 6) is 0.704. The second kappa shape index (κ2) is 3.32. The number of aromatic nitrogens is 1. The fourth-order valence-corrected chi connectivity index (χ4v) is 2.20. The van der Waals surface area contributed by atoms with Crippen molar-refractivity contribution in [1.29, 1.82) is 0 Å². The van der Waals surface area contributed by atoms with Gasteiger partial charge in [-0.1, -0.05) is 6.07 Å². The van der Waals surface area contributed by atoms with Gasteiger partial charge in [-0.2, -0.15) is 0 Å². The van der Waals surface area contributed by atoms with Gasteiger partial charge >= 0.3 is 0 Å². The molecule has 0 spiro atoms. The summed E-state index contributed by atoms with van der Waals surface area (Å²) in [6, 6.07) is 6.11. The van der Waals surface area contributed by atoms with Crippen molar-refractivity contribution in [2.24, 2.45) is 5.41 Å². The number of nitrogens with zero attached hydrogens (tertiary/aromatic N) is 1. The van der Waals surface area contributed by atoms with Gasteiger partial charge in [-0.3, -0.25) is 0 Å². The molecule has 84 valence electrons. The van der Waals surface area contributed by atoms with E-state index in [1.54, 1.807) is 0 Å². The van der Waals surface area contributed by atoms with E-state index in [0.717, 1.165) is 30.4 Å². The van der Waals surface area contributed by atoms with Crippen molar-refractivity contribution in [3.8, 4) is 0 Å². The first-order chi connectivity index (χ1) is 7.71. The number of aryl methyl sites for hydroxylation is 1. The van der Waals surface area contributed by atoms with Gasteiger partial charge in [-0.15, -0.1) is 0 Å². The summed E-state index contributed by atoms with van der Waals surface area (Å²) in [7, 11) is 0. The van der Waals surface area contributed by atoms with Crippen LogP contribution >= 0.6 is 0 Å². The van der Waals surface area contributed by atoms with Crippen molar-refractivity contribution >= 4 is 11.1 Å². The van der Waals surface area contributed by atoms with E-state index in [1.807, 2.05) is 13.0 Å². The van der Waals surface area contributed by atoms with Crippen molar-refractivity contribution in [2.45, 2.75) is 26.2 Å². The zero-order chi connectivity index (χ0) is 11.2. The number of benzene rings is 1. The monoisotopic (exact) mass is 217 g/mol. The minimum Gasteiger partial charge on any atom is -0.441 e. The van der Waals surface area contributed by atoms with Crippen molar-refractivity contribution < 1.29 is 9.52 Å². The lowest BCUT2D eigenvalue weighted by Gasteiger charge is -2.10. The van der Waals surface area contributed by atoms with Crippen molar-refractivity contribution in [2.75, 3.05) is 6.61 Å². The third kappa shape index (κ3) is 1.61. The Morgan fingerprint density at radius 2 is 2.25 bits per heavy atom. The SMILES string of the molecule is Cc1nc2cc(CC3(CO)CC3)ccc2o1. The largest absolute Gasteiger partial charge is 0.441 e. The average molecular weight is 217 g/mol. The van der Waals surface area contributed by atoms with Crippen LogP contribution < -0.4 is 0 Å². The second-order valence-corrected chi connectivity index (χ2v) is 4.87. The molecule has 1 aliphatic carbocycles. The minimum absolute atomic E-state index is 0.159. The van der Waals surface area contributed by atoms with E-state index in [2.05, 4.69) is 17.1 Å². The maximum atomic E-state index is 9.30. The molecule has 1 fully saturated rings. The molecule has 3 heteroatoms. The quantitative estimate of drug-likeness (QED) is 0.859. The zero-order valence-corrected chi connectivity index (χ0v) is 9.36. The third-order valence-corrected chi connectivity index (χ3v) is 3.43. The van der Waals surface area contributed by atoms with Crippen LogP contribution in [0.4, 0.5) is 0 Å². The molecule has 3 nitrogen and oxygen atoms in total. The highest BCUT2D eigenvalue weighted by Crippen LogP contribution is 2.47. The molecule has 1 N–H and O–H groups in total. The lowest BCUT2D eigenvalue weighted by atomic mass is 9.97. The molecule has 1 heterocycles. The van der Waals surface area contributed by atoms with Gasteiger partial charge in [-0.25, -0.2) is 4.98 Å². The summed E-state index contributed by atoms with van der Waals surface area (Å²) < 4.78 is 5.43. The second-order valence-electron chi connectivity index (χ2n) is 4.87. The minimum atomic E-state index is 0.159. The van der Waals surface area contributed by atoms with Gasteiger partial charge in [0, 0.05) is 13.5 Å². The molecule has 0 aliphatic heterocycles. The molecular weight excluding hydrogens is 202 g/mol. The van der Waals surface area contributed by atoms with E-state index in [4.69, 9.17) is 4.42 Å². The number of aliphatic hydroxyl groups excluding tert-OH is 1. The molecule has 0 unspecified atom stereocenters. The van der Waals surface area contributed by atoms with E-state index in [-0.39, 0.29) is 5.41 Å². The smallest absolute Gasteiger partial charge is 0.192 e. The molecule has 0 bridgehead atoms. The van der Waals surface area contributed by atoms with E-state index in [1.165, 1.54) is 5.56 Å². The van der Waals surface area contributed by atoms with E-state index in [9.17, 15) is 5.11 Å². The number of fused-ring (bicyclic) bond motifs is 1. The van der Waals surface area contributed by atoms with Gasteiger partial charge < -0.3 is 9.52 Å². The van der Waals surface area contributed by atoms with E-state index >= 15 is 0 Å². The van der Waals surface area contributed by atoms with Crippen LogP contribution in [0.5, 0.6) is 0 Å². The lowest BCUT2D eigenvalue weighted by Crippen LogP contribution is -2.09. The molecule has 0 saturated heterocycles. The highest BCUT2D eigenvalue weighted by atomic mass is 16.3. The molecule has 3 rings (SSSR count). The van der Waals surface area contributed by atoms with Crippen LogP contribution in [-0.4, -0.2) is 16.7 Å². The molecule has 1 aromatic carbocycles. The molecule has 16 heavy (non-hydrogen) atoms. The maximum absolute atomic E-state index is 9.30. The Hall–Kier alpha value is -1.35. The van der Waals surface area contributed by atoms with E-state index in [0.29, 0.717) is 12.5 Å². The van der Waals surface area contributed by atoms with E-state index < -0.39 is 0 Å². The average Bonchev–Trinajstić information content (AvgIpc) is 2.93. The lowest BCUT2D eigenvalue weighted by molar-refractivity contribution is 0.211. The first-order valence-electron chi connectivity index (χ1n) is 5.68. The highest BCUT2D eigenvalue weighted by molar-refractivity contribution is 5.73. The predicted molar refractivity (Wildman–Crippen MR) is 61.2 cm³/mol. The Bertz CT molecular complexity index is 526. The van der Waals surface area contributed by atoms with Crippen molar-refractivity contribution in [1.82, 2.24) is 4.98 Å². The standard InChI is InChI=1S/C13H15NO2/c1-9-14-11-6-10(2-3-12(11)16-9)7-13(8-15)4-5-13/h2-3,6,15H,4-5,7-8H2,1H3. The number of rotatable bonds is 3. The molecular formula is C13H15NO2. The van der Waals surface area contributed by atoms with Gasteiger partial charge in [0.05, 0.1) is 0 Å². The Kier molecular flexibility index (Phi) is 2.04. The van der Waals surface area contributed by atoms with Crippen LogP contribution in [0.15, 0.2) is 22.6 Å². The number of aliphatic hydroxyl groups is 1. The van der Waals surface area contributed by atoms with Crippen LogP contribution in [0.2, 0.25) is 0 Å². The molecule has 2 aromatic rings. The van der Waals surface area contributed by atoms with Crippen LogP contribution in [0.25, 0.3) is 11.1 Å². The Labute approximate surface area is 94.1 Å². The van der Waals surface area contributed by atoms with Gasteiger partial charge in [0.25, 0.3) is 0 Å². The fourth-order valence-electron chi connectivity index (χ4n) is 2.20. The van der Waals surface area contributed by atoms with Crippen molar-refractivity contribution in [3.05, 3.63) is 29.7 Å². The molecule has 0 radical (unpaired) electrons. The first kappa shape index (κ1) is 9.85. The Morgan fingerprint density at radius 1 is 1.44 bits per heavy atom. The molecule has 1 aromatic heterocycles. The van der Waals surface area contributed by atoms with Gasteiger partial charge in [0.1, 0.15) is 5.52 Å².